The maximum Gasteiger partial charge on any atom is 0.472 e. The highest BCUT2D eigenvalue weighted by atomic mass is 33.1. The Bertz CT molecular complexity index is 2630. The molecule has 0 spiro atoms. The van der Waals surface area contributed by atoms with E-state index in [1.54, 1.807) is 12.1 Å². The average Bonchev–Trinajstić information content (AvgIpc) is 3.92. The number of hydrogen-bond donors (Lipinski definition) is 7. The van der Waals surface area contributed by atoms with Crippen LogP contribution in [0.5, 0.6) is 0 Å². The first kappa shape index (κ1) is 52.4. The van der Waals surface area contributed by atoms with E-state index in [2.05, 4.69) is 34.5 Å². The Morgan fingerprint density at radius 3 is 2.29 bits per heavy atom. The normalized spacial score (nSPS) is 23.8. The highest BCUT2D eigenvalue weighted by Gasteiger charge is 2.52. The van der Waals surface area contributed by atoms with Crippen LogP contribution >= 0.6 is 37.2 Å². The Labute approximate surface area is 392 Å². The van der Waals surface area contributed by atoms with E-state index >= 15 is 0 Å². The van der Waals surface area contributed by atoms with Gasteiger partial charge in [0.05, 0.1) is 19.5 Å². The maximum absolute atomic E-state index is 13.8. The molecule has 1 aromatic carbocycles. The predicted octanol–water partition coefficient (Wildman–Crippen LogP) is 2.05. The van der Waals surface area contributed by atoms with Gasteiger partial charge in [-0.15, -0.1) is 0 Å². The Morgan fingerprint density at radius 2 is 1.63 bits per heavy atom. The van der Waals surface area contributed by atoms with Gasteiger partial charge < -0.3 is 55.3 Å². The van der Waals surface area contributed by atoms with Crippen LogP contribution in [-0.2, 0) is 53.1 Å². The number of hydrogen-bond acceptors (Lipinski definition) is 23. The molecule has 0 bridgehead atoms. The summed E-state index contributed by atoms with van der Waals surface area (Å²) in [6, 6.07) is 7.36. The minimum atomic E-state index is -5.45. The Morgan fingerprint density at radius 1 is 0.971 bits per heavy atom. The quantitative estimate of drug-likeness (QED) is 0.0127. The third kappa shape index (κ3) is 13.9. The summed E-state index contributed by atoms with van der Waals surface area (Å²) in [6.07, 6.45) is -11.6. The second-order valence-electron chi connectivity index (χ2n) is 15.7. The molecule has 9 N–H and O–H groups in total. The van der Waals surface area contributed by atoms with Gasteiger partial charge in [0.15, 0.2) is 30.0 Å². The number of nitrogens with zero attached hydrogens (tertiary/aromatic N) is 10. The molecule has 0 saturated carbocycles. The average molecular weight is 1030 g/mol. The highest BCUT2D eigenvalue weighted by Crippen LogP contribution is 2.50. The predicted molar refractivity (Wildman–Crippen MR) is 238 cm³/mol. The van der Waals surface area contributed by atoms with Crippen LogP contribution in [0.25, 0.3) is 21.6 Å². The molecule has 29 nitrogen and oxygen atoms in total. The van der Waals surface area contributed by atoms with E-state index in [9.17, 15) is 48.4 Å². The van der Waals surface area contributed by atoms with Crippen molar-refractivity contribution < 1.29 is 76.1 Å². The lowest BCUT2D eigenvalue weighted by molar-refractivity contribution is -0.157. The van der Waals surface area contributed by atoms with Crippen molar-refractivity contribution in [1.29, 1.82) is 0 Å². The Balaban J connectivity index is 1.21. The number of azide groups is 1. The first-order valence-corrected chi connectivity index (χ1v) is 25.2. The van der Waals surface area contributed by atoms with Crippen molar-refractivity contribution in [1.82, 2.24) is 34.0 Å². The molecule has 68 heavy (non-hydrogen) atoms. The number of imidazole rings is 1. The molecule has 0 radical (unpaired) electrons. The largest absolute Gasteiger partial charge is 0.472 e. The van der Waals surface area contributed by atoms with E-state index in [-0.39, 0.29) is 40.7 Å². The Hall–Kier alpha value is -4.94. The van der Waals surface area contributed by atoms with Crippen LogP contribution < -0.4 is 17.2 Å². The number of nitrogen functional groups attached to an aromatic ring is 2. The lowest BCUT2D eigenvalue weighted by Crippen LogP contribution is -2.43. The van der Waals surface area contributed by atoms with Gasteiger partial charge >= 0.3 is 33.4 Å². The van der Waals surface area contributed by atoms with Gasteiger partial charge in [0.2, 0.25) is 0 Å². The molecule has 9 atom stereocenters. The fourth-order valence-corrected chi connectivity index (χ4v) is 10.1. The molecule has 5 heterocycles. The van der Waals surface area contributed by atoms with Gasteiger partial charge in [-0.1, -0.05) is 71.7 Å². The number of amides is 1. The molecule has 3 aromatic heterocycles. The summed E-state index contributed by atoms with van der Waals surface area (Å²) >= 11 is 0. The molecule has 2 aliphatic heterocycles. The number of aromatic nitrogens is 6. The lowest BCUT2D eigenvalue weighted by atomic mass is 10.1. The van der Waals surface area contributed by atoms with Crippen molar-refractivity contribution in [3.05, 3.63) is 75.7 Å². The van der Waals surface area contributed by atoms with Gasteiger partial charge in [-0.05, 0) is 17.2 Å². The van der Waals surface area contributed by atoms with Gasteiger partial charge in [0.25, 0.3) is 0 Å². The van der Waals surface area contributed by atoms with Crippen LogP contribution in [0.3, 0.4) is 0 Å². The highest BCUT2D eigenvalue weighted by molar-refractivity contribution is 8.77. The van der Waals surface area contributed by atoms with Crippen LogP contribution in [0.2, 0.25) is 0 Å². The van der Waals surface area contributed by atoms with Gasteiger partial charge in [-0.2, -0.15) is 4.98 Å². The van der Waals surface area contributed by atoms with Crippen molar-refractivity contribution in [3.8, 4) is 0 Å². The molecule has 1 unspecified atom stereocenters. The van der Waals surface area contributed by atoms with Gasteiger partial charge in [0.1, 0.15) is 61.3 Å². The van der Waals surface area contributed by atoms with Crippen LogP contribution in [0.4, 0.5) is 22.1 Å². The molecule has 33 heteroatoms. The number of nitrogens with two attached hydrogens (primary N) is 2. The van der Waals surface area contributed by atoms with E-state index in [1.807, 2.05) is 20.8 Å². The molecule has 2 saturated heterocycles. The van der Waals surface area contributed by atoms with E-state index in [0.29, 0.717) is 17.0 Å². The summed E-state index contributed by atoms with van der Waals surface area (Å²) in [6.45, 7) is 3.00. The molecule has 370 valence electrons. The third-order valence-corrected chi connectivity index (χ3v) is 14.3. The number of carbonyl (C=O) groups excluding carboxylic acids is 2. The monoisotopic (exact) mass is 1030 g/mol. The summed E-state index contributed by atoms with van der Waals surface area (Å²) in [5.74, 6) is -0.972. The van der Waals surface area contributed by atoms with Crippen molar-refractivity contribution in [3.63, 3.8) is 0 Å². The zero-order valence-corrected chi connectivity index (χ0v) is 39.4. The van der Waals surface area contributed by atoms with Crippen molar-refractivity contribution in [2.24, 2.45) is 5.11 Å². The maximum atomic E-state index is 13.8. The number of aliphatic hydroxyl groups excluding tert-OH is 2. The van der Waals surface area contributed by atoms with E-state index in [1.165, 1.54) is 50.7 Å². The smallest absolute Gasteiger partial charge is 0.455 e. The van der Waals surface area contributed by atoms with Crippen LogP contribution in [0, 0.1) is 0 Å². The minimum Gasteiger partial charge on any atom is -0.455 e. The summed E-state index contributed by atoms with van der Waals surface area (Å²) in [5, 5.41) is 26.4. The van der Waals surface area contributed by atoms with Crippen LogP contribution in [-0.4, -0.2) is 144 Å². The van der Waals surface area contributed by atoms with E-state index in [4.69, 9.17) is 45.0 Å². The second kappa shape index (κ2) is 22.2. The number of rotatable bonds is 20. The number of benzene rings is 1. The molecule has 2 aliphatic rings. The Kier molecular flexibility index (Phi) is 17.1. The van der Waals surface area contributed by atoms with Crippen LogP contribution in [0.1, 0.15) is 38.8 Å². The molecule has 2 fully saturated rings. The zero-order valence-electron chi connectivity index (χ0n) is 36.0. The molecular weight excluding hydrogens is 987 g/mol. The lowest BCUT2D eigenvalue weighted by Gasteiger charge is -2.26. The summed E-state index contributed by atoms with van der Waals surface area (Å²) in [4.78, 5) is 89.0. The SMILES string of the molecule is CC(C)(C)SSCCN(CC(=O)O[C@H]1[C@@H](O)[C@H](n2cnc3c(N)ncnc32)O[C@@H]1COP(=O)(O)O[C@H]1[C@@H](O)[C@H](n2ccc(N)nc2=O)O[C@@H]1COP(=O)(O)O)C(=O)OCc1ccc(N=[N+]=[N-])cc1. The van der Waals surface area contributed by atoms with Gasteiger partial charge in [-0.3, -0.25) is 32.4 Å². The molecule has 0 aliphatic carbocycles. The fourth-order valence-electron chi connectivity index (χ4n) is 6.53. The van der Waals surface area contributed by atoms with Crippen molar-refractivity contribution >= 4 is 77.8 Å². The molecule has 4 aromatic rings. The number of phosphoric ester groups is 2. The van der Waals surface area contributed by atoms with E-state index in [0.717, 1.165) is 22.0 Å². The van der Waals surface area contributed by atoms with Gasteiger partial charge in [0, 0.05) is 33.8 Å². The summed E-state index contributed by atoms with van der Waals surface area (Å²) < 4.78 is 64.9. The fraction of sp³-hybridized carbons (Fsp3) is 0.514. The standard InChI is InChI=1S/C35H46N12O17P2S2/c1-35(2,3)68-67-11-10-45(34(52)58-13-18-4-6-19(7-5-18)43-44-38)12-23(48)63-27-20(61-32(25(27)49)47-17-41-24-29(37)39-16-40-30(24)47)15-60-66(56,57)64-28-21(14-59-65(53,54)55)62-31(26(28)50)46-9-8-22(36)42-33(46)51/h4-9,16-17,20-21,25-28,31-32,49-50H,10-15H2,1-3H3,(H,56,57)(H2,36,42,51)(H2,37,39,40)(H2,53,54,55)/t20-,21-,25-,26-,27-,28-,31-,32-/m1/s1. The number of esters is 1. The number of aliphatic hydroxyl groups is 2. The number of ether oxygens (including phenoxy) is 4. The number of carbonyl (C=O) groups is 2. The number of phosphoric acid groups is 2. The van der Waals surface area contributed by atoms with E-state index < -0.39 is 102 Å². The third-order valence-electron chi connectivity index (χ3n) is 9.53. The van der Waals surface area contributed by atoms with Crippen molar-refractivity contribution in [2.75, 3.05) is 43.5 Å². The van der Waals surface area contributed by atoms with Crippen LogP contribution in [0.15, 0.2) is 59.1 Å². The second-order valence-corrected chi connectivity index (χ2v) is 21.5. The topological polar surface area (TPSA) is 417 Å². The molecule has 6 rings (SSSR count). The first-order chi connectivity index (χ1) is 32.0. The summed E-state index contributed by atoms with van der Waals surface area (Å²) in [5.41, 5.74) is 20.2. The first-order valence-electron chi connectivity index (χ1n) is 19.9. The molecular formula is C35H46N12O17P2S2. The minimum absolute atomic E-state index is 0.00909. The zero-order chi connectivity index (χ0) is 49.6. The number of anilines is 2. The van der Waals surface area contributed by atoms with Gasteiger partial charge in [-0.25, -0.2) is 33.7 Å². The summed E-state index contributed by atoms with van der Waals surface area (Å²) in [7, 11) is -7.67. The number of fused-ring (bicyclic) bond motifs is 1. The van der Waals surface area contributed by atoms with Crippen molar-refractivity contribution in [2.45, 2.75) is 81.2 Å². The molecule has 1 amide bonds.